The van der Waals surface area contributed by atoms with Crippen molar-refractivity contribution in [3.63, 3.8) is 0 Å². The first-order valence-electron chi connectivity index (χ1n) is 9.73. The standard InChI is InChI=1S/C20H25FN4O2/c21-18-6-2-1-4-16(18)12-15-7-9-24(10-8-15)20(26)19-14-25(23-22-19)13-17-5-3-11-27-17/h1-2,4,6,14-15,17H,3,5,7-13H2/t17-/m0/s1. The largest absolute Gasteiger partial charge is 0.376 e. The molecule has 2 fully saturated rings. The lowest BCUT2D eigenvalue weighted by Gasteiger charge is -2.31. The van der Waals surface area contributed by atoms with Crippen molar-refractivity contribution in [2.75, 3.05) is 19.7 Å². The van der Waals surface area contributed by atoms with Gasteiger partial charge in [0.25, 0.3) is 5.91 Å². The molecule has 0 aliphatic carbocycles. The summed E-state index contributed by atoms with van der Waals surface area (Å²) in [4.78, 5) is 14.5. The second kappa shape index (κ2) is 8.17. The van der Waals surface area contributed by atoms with E-state index in [0.717, 1.165) is 44.3 Å². The summed E-state index contributed by atoms with van der Waals surface area (Å²) in [6.45, 7) is 2.80. The molecular weight excluding hydrogens is 347 g/mol. The minimum absolute atomic E-state index is 0.0714. The number of amides is 1. The number of rotatable bonds is 5. The first-order valence-corrected chi connectivity index (χ1v) is 9.73. The van der Waals surface area contributed by atoms with Crippen LogP contribution in [0.3, 0.4) is 0 Å². The van der Waals surface area contributed by atoms with Crippen LogP contribution in [0.2, 0.25) is 0 Å². The number of hydrogen-bond donors (Lipinski definition) is 0. The molecular formula is C20H25FN4O2. The fraction of sp³-hybridized carbons (Fsp3) is 0.550. The second-order valence-corrected chi connectivity index (χ2v) is 7.49. The maximum atomic E-state index is 13.8. The lowest BCUT2D eigenvalue weighted by molar-refractivity contribution is 0.0683. The summed E-state index contributed by atoms with van der Waals surface area (Å²) in [6.07, 6.45) is 6.48. The zero-order chi connectivity index (χ0) is 18.6. The molecule has 2 aliphatic rings. The van der Waals surface area contributed by atoms with Gasteiger partial charge in [-0.05, 0) is 49.7 Å². The number of carbonyl (C=O) groups excluding carboxylic acids is 1. The number of carbonyl (C=O) groups is 1. The molecule has 0 N–H and O–H groups in total. The normalized spacial score (nSPS) is 20.9. The quantitative estimate of drug-likeness (QED) is 0.810. The number of hydrogen-bond acceptors (Lipinski definition) is 4. The highest BCUT2D eigenvalue weighted by Crippen LogP contribution is 2.24. The Morgan fingerprint density at radius 1 is 1.22 bits per heavy atom. The minimum atomic E-state index is -0.140. The highest BCUT2D eigenvalue weighted by Gasteiger charge is 2.26. The van der Waals surface area contributed by atoms with Gasteiger partial charge in [0.2, 0.25) is 0 Å². The van der Waals surface area contributed by atoms with E-state index in [9.17, 15) is 9.18 Å². The van der Waals surface area contributed by atoms with Crippen molar-refractivity contribution < 1.29 is 13.9 Å². The third-order valence-electron chi connectivity index (χ3n) is 5.54. The van der Waals surface area contributed by atoms with Crippen LogP contribution >= 0.6 is 0 Å². The van der Waals surface area contributed by atoms with Gasteiger partial charge >= 0.3 is 0 Å². The average molecular weight is 372 g/mol. The highest BCUT2D eigenvalue weighted by molar-refractivity contribution is 5.91. The molecule has 2 aromatic rings. The first kappa shape index (κ1) is 18.1. The summed E-state index contributed by atoms with van der Waals surface area (Å²) in [7, 11) is 0. The van der Waals surface area contributed by atoms with Gasteiger partial charge in [0, 0.05) is 19.7 Å². The molecule has 1 aromatic carbocycles. The molecule has 1 amide bonds. The van der Waals surface area contributed by atoms with Gasteiger partial charge in [-0.1, -0.05) is 23.4 Å². The van der Waals surface area contributed by atoms with Crippen molar-refractivity contribution in [3.8, 4) is 0 Å². The number of piperidine rings is 1. The van der Waals surface area contributed by atoms with Crippen LogP contribution in [0, 0.1) is 11.7 Å². The molecule has 7 heteroatoms. The zero-order valence-electron chi connectivity index (χ0n) is 15.4. The Morgan fingerprint density at radius 2 is 2.04 bits per heavy atom. The summed E-state index contributed by atoms with van der Waals surface area (Å²) < 4.78 is 21.1. The maximum Gasteiger partial charge on any atom is 0.276 e. The summed E-state index contributed by atoms with van der Waals surface area (Å²) in [5.41, 5.74) is 1.15. The lowest BCUT2D eigenvalue weighted by atomic mass is 9.90. The van der Waals surface area contributed by atoms with Crippen LogP contribution in [0.15, 0.2) is 30.5 Å². The van der Waals surface area contributed by atoms with E-state index in [1.54, 1.807) is 16.9 Å². The van der Waals surface area contributed by atoms with Crippen LogP contribution in [-0.4, -0.2) is 51.6 Å². The molecule has 144 valence electrons. The number of aromatic nitrogens is 3. The van der Waals surface area contributed by atoms with E-state index in [4.69, 9.17) is 4.74 Å². The monoisotopic (exact) mass is 372 g/mol. The van der Waals surface area contributed by atoms with Gasteiger partial charge in [-0.25, -0.2) is 9.07 Å². The van der Waals surface area contributed by atoms with Gasteiger partial charge in [0.05, 0.1) is 18.8 Å². The zero-order valence-corrected chi connectivity index (χ0v) is 15.4. The molecule has 3 heterocycles. The third kappa shape index (κ3) is 4.35. The van der Waals surface area contributed by atoms with E-state index in [1.165, 1.54) is 6.07 Å². The number of likely N-dealkylation sites (tertiary alicyclic amines) is 1. The molecule has 0 spiro atoms. The summed E-state index contributed by atoms with van der Waals surface area (Å²) in [5, 5.41) is 8.12. The van der Waals surface area contributed by atoms with Gasteiger partial charge in [0.15, 0.2) is 5.69 Å². The number of benzene rings is 1. The molecule has 2 saturated heterocycles. The molecule has 0 bridgehead atoms. The van der Waals surface area contributed by atoms with Crippen molar-refractivity contribution in [1.29, 1.82) is 0 Å². The Bertz CT molecular complexity index is 780. The second-order valence-electron chi connectivity index (χ2n) is 7.49. The van der Waals surface area contributed by atoms with Crippen LogP contribution in [0.1, 0.15) is 41.7 Å². The van der Waals surface area contributed by atoms with E-state index in [-0.39, 0.29) is 17.8 Å². The van der Waals surface area contributed by atoms with Crippen LogP contribution in [0.25, 0.3) is 0 Å². The first-order chi connectivity index (χ1) is 13.2. The Hall–Kier alpha value is -2.28. The molecule has 0 radical (unpaired) electrons. The van der Waals surface area contributed by atoms with Gasteiger partial charge in [0.1, 0.15) is 5.82 Å². The highest BCUT2D eigenvalue weighted by atomic mass is 19.1. The summed E-state index contributed by atoms with van der Waals surface area (Å²) in [6, 6.07) is 6.94. The molecule has 0 saturated carbocycles. The van der Waals surface area contributed by atoms with Gasteiger partial charge < -0.3 is 9.64 Å². The number of halogens is 1. The van der Waals surface area contributed by atoms with Gasteiger partial charge in [-0.15, -0.1) is 5.10 Å². The van der Waals surface area contributed by atoms with E-state index < -0.39 is 0 Å². The van der Waals surface area contributed by atoms with E-state index in [1.807, 2.05) is 17.0 Å². The SMILES string of the molecule is O=C(c1cn(C[C@@H]2CCCO2)nn1)N1CCC(Cc2ccccc2F)CC1. The van der Waals surface area contributed by atoms with Crippen molar-refractivity contribution >= 4 is 5.91 Å². The smallest absolute Gasteiger partial charge is 0.276 e. The van der Waals surface area contributed by atoms with Crippen molar-refractivity contribution in [2.24, 2.45) is 5.92 Å². The molecule has 4 rings (SSSR count). The topological polar surface area (TPSA) is 60.3 Å². The van der Waals surface area contributed by atoms with Gasteiger partial charge in [-0.2, -0.15) is 0 Å². The summed E-state index contributed by atoms with van der Waals surface area (Å²) >= 11 is 0. The average Bonchev–Trinajstić information content (AvgIpc) is 3.36. The van der Waals surface area contributed by atoms with Crippen molar-refractivity contribution in [1.82, 2.24) is 19.9 Å². The Labute approximate surface area is 158 Å². The number of nitrogens with zero attached hydrogens (tertiary/aromatic N) is 4. The Balaban J connectivity index is 1.29. The Kier molecular flexibility index (Phi) is 5.48. The van der Waals surface area contributed by atoms with Crippen molar-refractivity contribution in [2.45, 2.75) is 44.8 Å². The summed E-state index contributed by atoms with van der Waals surface area (Å²) in [5.74, 6) is 0.193. The fourth-order valence-corrected chi connectivity index (χ4v) is 3.96. The minimum Gasteiger partial charge on any atom is -0.376 e. The molecule has 2 aliphatic heterocycles. The van der Waals surface area contributed by atoms with E-state index in [0.29, 0.717) is 31.2 Å². The fourth-order valence-electron chi connectivity index (χ4n) is 3.96. The van der Waals surface area contributed by atoms with Crippen LogP contribution in [0.4, 0.5) is 4.39 Å². The van der Waals surface area contributed by atoms with Crippen LogP contribution in [0.5, 0.6) is 0 Å². The third-order valence-corrected chi connectivity index (χ3v) is 5.54. The molecule has 27 heavy (non-hydrogen) atoms. The van der Waals surface area contributed by atoms with Crippen molar-refractivity contribution in [3.05, 3.63) is 47.5 Å². The molecule has 1 aromatic heterocycles. The van der Waals surface area contributed by atoms with Crippen LogP contribution in [-0.2, 0) is 17.7 Å². The van der Waals surface area contributed by atoms with Crippen LogP contribution < -0.4 is 0 Å². The molecule has 6 nitrogen and oxygen atoms in total. The van der Waals surface area contributed by atoms with Gasteiger partial charge in [-0.3, -0.25) is 4.79 Å². The lowest BCUT2D eigenvalue weighted by Crippen LogP contribution is -2.39. The number of ether oxygens (including phenoxy) is 1. The molecule has 1 atom stereocenters. The maximum absolute atomic E-state index is 13.8. The predicted octanol–water partition coefficient (Wildman–Crippen LogP) is 2.69. The predicted molar refractivity (Wildman–Crippen MR) is 97.7 cm³/mol. The molecule has 0 unspecified atom stereocenters. The Morgan fingerprint density at radius 3 is 2.78 bits per heavy atom. The van der Waals surface area contributed by atoms with E-state index in [2.05, 4.69) is 10.3 Å². The van der Waals surface area contributed by atoms with E-state index >= 15 is 0 Å².